The highest BCUT2D eigenvalue weighted by Crippen LogP contribution is 2.27. The van der Waals surface area contributed by atoms with Crippen LogP contribution in [0.25, 0.3) is 6.08 Å². The van der Waals surface area contributed by atoms with Crippen molar-refractivity contribution in [3.8, 4) is 11.8 Å². The molecule has 0 bridgehead atoms. The van der Waals surface area contributed by atoms with Crippen molar-refractivity contribution in [1.82, 2.24) is 0 Å². The Labute approximate surface area is 200 Å². The maximum absolute atomic E-state index is 12.7. The molecule has 166 valence electrons. The van der Waals surface area contributed by atoms with E-state index in [9.17, 15) is 14.9 Å². The number of hydrogen-bond acceptors (Lipinski definition) is 4. The van der Waals surface area contributed by atoms with Crippen LogP contribution in [0.3, 0.4) is 0 Å². The van der Waals surface area contributed by atoms with Gasteiger partial charge in [-0.1, -0.05) is 47.1 Å². The molecular weight excluding hydrogens is 484 g/mol. The zero-order valence-corrected chi connectivity index (χ0v) is 19.4. The van der Waals surface area contributed by atoms with Gasteiger partial charge in [0.25, 0.3) is 5.91 Å². The summed E-state index contributed by atoms with van der Waals surface area (Å²) >= 11 is 3.41. The number of benzene rings is 3. The van der Waals surface area contributed by atoms with Crippen LogP contribution in [-0.2, 0) is 17.8 Å². The number of rotatable bonds is 8. The van der Waals surface area contributed by atoms with Gasteiger partial charge in [-0.3, -0.25) is 4.79 Å². The quantitative estimate of drug-likeness (QED) is 0.296. The fourth-order valence-electron chi connectivity index (χ4n) is 2.99. The van der Waals surface area contributed by atoms with Crippen molar-refractivity contribution >= 4 is 39.6 Å². The van der Waals surface area contributed by atoms with Crippen LogP contribution in [-0.4, -0.2) is 17.0 Å². The van der Waals surface area contributed by atoms with Crippen molar-refractivity contribution in [1.29, 1.82) is 5.26 Å². The minimum Gasteiger partial charge on any atom is -0.488 e. The molecule has 7 heteroatoms. The molecule has 0 radical (unpaired) electrons. The van der Waals surface area contributed by atoms with Crippen LogP contribution in [0.2, 0.25) is 0 Å². The lowest BCUT2D eigenvalue weighted by Gasteiger charge is -2.11. The Balaban J connectivity index is 1.78. The zero-order chi connectivity index (χ0) is 23.8. The molecule has 0 saturated heterocycles. The van der Waals surface area contributed by atoms with Crippen molar-refractivity contribution in [2.75, 3.05) is 5.32 Å². The third kappa shape index (κ3) is 6.55. The number of anilines is 1. The molecule has 0 saturated carbocycles. The second-order valence-electron chi connectivity index (χ2n) is 7.15. The third-order valence-electron chi connectivity index (χ3n) is 4.85. The number of hydrogen-bond donors (Lipinski definition) is 2. The lowest BCUT2D eigenvalue weighted by Crippen LogP contribution is -2.13. The largest absolute Gasteiger partial charge is 0.488 e. The SMILES string of the molecule is CCc1ccc(NC(=O)/C(C#N)=C/c2cc(Br)ccc2OCc2ccc(C(=O)O)cc2)cc1. The van der Waals surface area contributed by atoms with Gasteiger partial charge in [-0.05, 0) is 66.1 Å². The number of amides is 1. The van der Waals surface area contributed by atoms with Crippen molar-refractivity contribution in [2.24, 2.45) is 0 Å². The summed E-state index contributed by atoms with van der Waals surface area (Å²) in [6.07, 6.45) is 2.37. The first-order valence-corrected chi connectivity index (χ1v) is 11.0. The molecular formula is C26H21BrN2O4. The Bertz CT molecular complexity index is 1230. The molecule has 0 aromatic heterocycles. The lowest BCUT2D eigenvalue weighted by molar-refractivity contribution is -0.112. The molecule has 0 aliphatic rings. The van der Waals surface area contributed by atoms with Crippen molar-refractivity contribution in [2.45, 2.75) is 20.0 Å². The maximum Gasteiger partial charge on any atom is 0.335 e. The van der Waals surface area contributed by atoms with Gasteiger partial charge in [0, 0.05) is 15.7 Å². The summed E-state index contributed by atoms with van der Waals surface area (Å²) in [5.41, 5.74) is 3.22. The number of carbonyl (C=O) groups is 2. The van der Waals surface area contributed by atoms with Crippen LogP contribution in [0, 0.1) is 11.3 Å². The van der Waals surface area contributed by atoms with Gasteiger partial charge >= 0.3 is 5.97 Å². The van der Waals surface area contributed by atoms with Gasteiger partial charge in [0.05, 0.1) is 5.56 Å². The average Bonchev–Trinajstić information content (AvgIpc) is 2.82. The number of nitriles is 1. The van der Waals surface area contributed by atoms with E-state index in [2.05, 4.69) is 21.2 Å². The third-order valence-corrected chi connectivity index (χ3v) is 5.35. The van der Waals surface area contributed by atoms with E-state index >= 15 is 0 Å². The van der Waals surface area contributed by atoms with E-state index < -0.39 is 11.9 Å². The number of halogens is 1. The van der Waals surface area contributed by atoms with Crippen LogP contribution in [0.4, 0.5) is 5.69 Å². The highest BCUT2D eigenvalue weighted by Gasteiger charge is 2.12. The first kappa shape index (κ1) is 23.8. The standard InChI is InChI=1S/C26H21BrN2O4/c1-2-17-5-10-23(11-6-17)29-25(30)21(15-28)13-20-14-22(27)9-12-24(20)33-16-18-3-7-19(8-4-18)26(31)32/h3-14H,2,16H2,1H3,(H,29,30)(H,31,32)/b21-13+. The summed E-state index contributed by atoms with van der Waals surface area (Å²) in [4.78, 5) is 23.7. The highest BCUT2D eigenvalue weighted by atomic mass is 79.9. The number of ether oxygens (including phenoxy) is 1. The smallest absolute Gasteiger partial charge is 0.335 e. The van der Waals surface area contributed by atoms with Gasteiger partial charge < -0.3 is 15.2 Å². The summed E-state index contributed by atoms with van der Waals surface area (Å²) in [7, 11) is 0. The monoisotopic (exact) mass is 504 g/mol. The van der Waals surface area contributed by atoms with E-state index in [0.717, 1.165) is 22.0 Å². The Kier molecular flexibility index (Phi) is 8.01. The molecule has 33 heavy (non-hydrogen) atoms. The fraction of sp³-hybridized carbons (Fsp3) is 0.115. The van der Waals surface area contributed by atoms with E-state index in [0.29, 0.717) is 17.0 Å². The molecule has 0 heterocycles. The van der Waals surface area contributed by atoms with Crippen LogP contribution in [0.15, 0.2) is 76.8 Å². The minimum absolute atomic E-state index is 0.0664. The van der Waals surface area contributed by atoms with Gasteiger partial charge in [-0.2, -0.15) is 5.26 Å². The molecule has 0 unspecified atom stereocenters. The Morgan fingerprint density at radius 1 is 1.06 bits per heavy atom. The number of nitrogens with zero attached hydrogens (tertiary/aromatic N) is 1. The van der Waals surface area contributed by atoms with Gasteiger partial charge in [-0.25, -0.2) is 4.79 Å². The summed E-state index contributed by atoms with van der Waals surface area (Å²) in [5, 5.41) is 21.3. The minimum atomic E-state index is -0.994. The van der Waals surface area contributed by atoms with Crippen LogP contribution in [0.5, 0.6) is 5.75 Å². The van der Waals surface area contributed by atoms with Crippen LogP contribution >= 0.6 is 15.9 Å². The highest BCUT2D eigenvalue weighted by molar-refractivity contribution is 9.10. The van der Waals surface area contributed by atoms with Gasteiger partial charge in [0.1, 0.15) is 24.0 Å². The molecule has 0 atom stereocenters. The summed E-state index contributed by atoms with van der Waals surface area (Å²) < 4.78 is 6.66. The van der Waals surface area contributed by atoms with Gasteiger partial charge in [0.2, 0.25) is 0 Å². The molecule has 0 fully saturated rings. The second-order valence-corrected chi connectivity index (χ2v) is 8.06. The molecule has 0 spiro atoms. The normalized spacial score (nSPS) is 10.9. The summed E-state index contributed by atoms with van der Waals surface area (Å²) in [6, 6.07) is 21.1. The summed E-state index contributed by atoms with van der Waals surface area (Å²) in [5.74, 6) is -1.03. The molecule has 3 aromatic carbocycles. The first-order valence-electron chi connectivity index (χ1n) is 10.2. The topological polar surface area (TPSA) is 99.4 Å². The number of carbonyl (C=O) groups excluding carboxylic acids is 1. The Morgan fingerprint density at radius 2 is 1.73 bits per heavy atom. The number of aryl methyl sites for hydroxylation is 1. The predicted molar refractivity (Wildman–Crippen MR) is 130 cm³/mol. The average molecular weight is 505 g/mol. The van der Waals surface area contributed by atoms with E-state index in [1.54, 1.807) is 42.5 Å². The van der Waals surface area contributed by atoms with Crippen LogP contribution in [0.1, 0.15) is 34.0 Å². The maximum atomic E-state index is 12.7. The molecule has 3 aromatic rings. The van der Waals surface area contributed by atoms with E-state index in [4.69, 9.17) is 9.84 Å². The Hall–Kier alpha value is -3.89. The van der Waals surface area contributed by atoms with Crippen molar-refractivity contribution in [3.05, 3.63) is 99.0 Å². The molecule has 0 aliphatic heterocycles. The molecule has 3 rings (SSSR count). The van der Waals surface area contributed by atoms with Gasteiger partial charge in [-0.15, -0.1) is 0 Å². The second kappa shape index (κ2) is 11.1. The molecule has 2 N–H and O–H groups in total. The van der Waals surface area contributed by atoms with E-state index in [-0.39, 0.29) is 17.7 Å². The zero-order valence-electron chi connectivity index (χ0n) is 17.8. The first-order chi connectivity index (χ1) is 15.9. The van der Waals surface area contributed by atoms with Crippen molar-refractivity contribution in [3.63, 3.8) is 0 Å². The predicted octanol–water partition coefficient (Wildman–Crippen LogP) is 5.83. The van der Waals surface area contributed by atoms with E-state index in [1.807, 2.05) is 25.1 Å². The summed E-state index contributed by atoms with van der Waals surface area (Å²) in [6.45, 7) is 2.24. The van der Waals surface area contributed by atoms with Crippen molar-refractivity contribution < 1.29 is 19.4 Å². The molecule has 0 aliphatic carbocycles. The fourth-order valence-corrected chi connectivity index (χ4v) is 3.37. The number of carboxylic acids is 1. The lowest BCUT2D eigenvalue weighted by atomic mass is 10.1. The Morgan fingerprint density at radius 3 is 2.33 bits per heavy atom. The number of carboxylic acid groups (broad SMARTS) is 1. The number of nitrogens with one attached hydrogen (secondary N) is 1. The molecule has 1 amide bonds. The van der Waals surface area contributed by atoms with Gasteiger partial charge in [0.15, 0.2) is 0 Å². The van der Waals surface area contributed by atoms with Crippen LogP contribution < -0.4 is 10.1 Å². The van der Waals surface area contributed by atoms with E-state index in [1.165, 1.54) is 18.2 Å². The number of aromatic carboxylic acids is 1. The molecule has 6 nitrogen and oxygen atoms in total.